The Morgan fingerprint density at radius 3 is 2.53 bits per heavy atom. The van der Waals surface area contributed by atoms with Crippen LogP contribution in [0.15, 0.2) is 0 Å². The lowest BCUT2D eigenvalue weighted by molar-refractivity contribution is -0.137. The number of carbonyl (C=O) groups is 2. The molecule has 1 rings (SSSR count). The van der Waals surface area contributed by atoms with Gasteiger partial charge in [0.1, 0.15) is 10.6 Å². The molecule has 0 aromatic carbocycles. The van der Waals surface area contributed by atoms with Gasteiger partial charge in [-0.3, -0.25) is 9.10 Å². The lowest BCUT2D eigenvalue weighted by Gasteiger charge is -2.17. The third-order valence-corrected chi connectivity index (χ3v) is 5.04. The van der Waals surface area contributed by atoms with Crippen LogP contribution in [0.5, 0.6) is 0 Å². The van der Waals surface area contributed by atoms with Crippen LogP contribution in [-0.4, -0.2) is 49.7 Å². The smallest absolute Gasteiger partial charge is 0.340 e. The van der Waals surface area contributed by atoms with Gasteiger partial charge in [0.15, 0.2) is 5.75 Å². The van der Waals surface area contributed by atoms with E-state index < -0.39 is 27.7 Å². The fraction of sp³-hybridized carbons (Fsp3) is 0.444. The van der Waals surface area contributed by atoms with Crippen molar-refractivity contribution in [2.45, 2.75) is 6.92 Å². The second-order valence-corrected chi connectivity index (χ2v) is 6.31. The van der Waals surface area contributed by atoms with Gasteiger partial charge in [-0.25, -0.2) is 13.2 Å². The molecule has 1 aromatic heterocycles. The van der Waals surface area contributed by atoms with Crippen LogP contribution in [0.25, 0.3) is 0 Å². The van der Waals surface area contributed by atoms with E-state index in [0.29, 0.717) is 0 Å². The molecule has 0 aliphatic heterocycles. The number of hydrogen-bond donors (Lipinski definition) is 1. The van der Waals surface area contributed by atoms with Crippen molar-refractivity contribution in [3.63, 3.8) is 0 Å². The zero-order chi connectivity index (χ0) is 14.8. The molecule has 0 unspecified atom stereocenters. The number of carbonyl (C=O) groups excluding carboxylic acids is 1. The van der Waals surface area contributed by atoms with Crippen LogP contribution in [0.3, 0.4) is 0 Å². The van der Waals surface area contributed by atoms with Crippen molar-refractivity contribution >= 4 is 38.5 Å². The quantitative estimate of drug-likeness (QED) is 0.767. The molecule has 0 saturated carbocycles. The van der Waals surface area contributed by atoms with Crippen molar-refractivity contribution < 1.29 is 27.9 Å². The van der Waals surface area contributed by atoms with Crippen LogP contribution >= 0.6 is 11.5 Å². The Kier molecular flexibility index (Phi) is 4.48. The summed E-state index contributed by atoms with van der Waals surface area (Å²) >= 11 is 0.738. The molecule has 0 bridgehead atoms. The molecular weight excluding hydrogens is 296 g/mol. The van der Waals surface area contributed by atoms with Crippen LogP contribution in [0.2, 0.25) is 0 Å². The Morgan fingerprint density at radius 1 is 1.47 bits per heavy atom. The number of aromatic nitrogens is 1. The van der Waals surface area contributed by atoms with Gasteiger partial charge in [0.25, 0.3) is 0 Å². The van der Waals surface area contributed by atoms with E-state index in [1.807, 2.05) is 0 Å². The maximum atomic E-state index is 11.9. The molecule has 106 valence electrons. The molecule has 8 nitrogen and oxygen atoms in total. The summed E-state index contributed by atoms with van der Waals surface area (Å²) in [6.07, 6.45) is 0. The molecule has 19 heavy (non-hydrogen) atoms. The second kappa shape index (κ2) is 5.53. The molecule has 0 fully saturated rings. The fourth-order valence-electron chi connectivity index (χ4n) is 1.25. The van der Waals surface area contributed by atoms with Crippen molar-refractivity contribution in [2.24, 2.45) is 0 Å². The summed E-state index contributed by atoms with van der Waals surface area (Å²) in [6, 6.07) is 0. The molecule has 0 saturated heterocycles. The minimum Gasteiger partial charge on any atom is -0.478 e. The van der Waals surface area contributed by atoms with E-state index in [9.17, 15) is 18.0 Å². The SMILES string of the molecule is COC(=O)CS(=O)(=O)N(C)c1snc(C)c1C(=O)O. The first-order valence-electron chi connectivity index (χ1n) is 4.93. The van der Waals surface area contributed by atoms with Crippen molar-refractivity contribution in [3.05, 3.63) is 11.3 Å². The molecule has 10 heteroatoms. The maximum Gasteiger partial charge on any atom is 0.340 e. The van der Waals surface area contributed by atoms with Crippen LogP contribution in [0.1, 0.15) is 16.1 Å². The topological polar surface area (TPSA) is 114 Å². The summed E-state index contributed by atoms with van der Waals surface area (Å²) in [7, 11) is -1.77. The van der Waals surface area contributed by atoms with E-state index in [-0.39, 0.29) is 16.3 Å². The molecule has 0 atom stereocenters. The Morgan fingerprint density at radius 2 is 2.05 bits per heavy atom. The summed E-state index contributed by atoms with van der Waals surface area (Å²) in [5, 5.41) is 8.98. The summed E-state index contributed by atoms with van der Waals surface area (Å²) < 4.78 is 32.6. The highest BCUT2D eigenvalue weighted by atomic mass is 32.2. The zero-order valence-corrected chi connectivity index (χ0v) is 12.0. The van der Waals surface area contributed by atoms with Crippen LogP contribution in [-0.2, 0) is 19.6 Å². The molecular formula is C9H12N2O6S2. The number of carboxylic acid groups (broad SMARTS) is 1. The predicted molar refractivity (Wildman–Crippen MR) is 68.0 cm³/mol. The highest BCUT2D eigenvalue weighted by Crippen LogP contribution is 2.29. The van der Waals surface area contributed by atoms with Gasteiger partial charge in [0, 0.05) is 7.05 Å². The minimum atomic E-state index is -4.00. The van der Waals surface area contributed by atoms with Gasteiger partial charge in [0.05, 0.1) is 12.8 Å². The number of sulfonamides is 1. The molecule has 1 N–H and O–H groups in total. The van der Waals surface area contributed by atoms with E-state index in [4.69, 9.17) is 5.11 Å². The number of esters is 1. The van der Waals surface area contributed by atoms with Crippen LogP contribution in [0, 0.1) is 6.92 Å². The number of ether oxygens (including phenoxy) is 1. The third kappa shape index (κ3) is 3.20. The Balaban J connectivity index is 3.17. The van der Waals surface area contributed by atoms with E-state index in [0.717, 1.165) is 30.0 Å². The standard InChI is InChI=1S/C9H12N2O6S2/c1-5-7(9(13)14)8(18-10-5)11(2)19(15,16)4-6(12)17-3/h4H2,1-3H3,(H,13,14). The predicted octanol–water partition coefficient (Wildman–Crippen LogP) is 0.0887. The molecule has 1 aromatic rings. The first-order chi connectivity index (χ1) is 8.70. The van der Waals surface area contributed by atoms with Gasteiger partial charge >= 0.3 is 11.9 Å². The van der Waals surface area contributed by atoms with Gasteiger partial charge in [-0.2, -0.15) is 4.37 Å². The van der Waals surface area contributed by atoms with E-state index in [1.54, 1.807) is 0 Å². The molecule has 0 aliphatic carbocycles. The van der Waals surface area contributed by atoms with Crippen molar-refractivity contribution in [2.75, 3.05) is 24.2 Å². The fourth-order valence-corrected chi connectivity index (χ4v) is 3.40. The van der Waals surface area contributed by atoms with Gasteiger partial charge in [-0.1, -0.05) is 0 Å². The first-order valence-corrected chi connectivity index (χ1v) is 7.32. The third-order valence-electron chi connectivity index (χ3n) is 2.29. The van der Waals surface area contributed by atoms with Crippen molar-refractivity contribution in [1.82, 2.24) is 4.37 Å². The van der Waals surface area contributed by atoms with Crippen molar-refractivity contribution in [1.29, 1.82) is 0 Å². The number of rotatable bonds is 5. The first kappa shape index (κ1) is 15.4. The normalized spacial score (nSPS) is 11.1. The van der Waals surface area contributed by atoms with Gasteiger partial charge in [-0.05, 0) is 18.5 Å². The number of anilines is 1. The number of carboxylic acids is 1. The summed E-state index contributed by atoms with van der Waals surface area (Å²) in [6.45, 7) is 1.46. The average molecular weight is 308 g/mol. The highest BCUT2D eigenvalue weighted by molar-refractivity contribution is 7.93. The summed E-state index contributed by atoms with van der Waals surface area (Å²) in [4.78, 5) is 22.1. The Labute approximate surface area is 113 Å². The zero-order valence-electron chi connectivity index (χ0n) is 10.4. The second-order valence-electron chi connectivity index (χ2n) is 3.55. The van der Waals surface area contributed by atoms with E-state index in [2.05, 4.69) is 9.11 Å². The molecule has 1 heterocycles. The van der Waals surface area contributed by atoms with E-state index >= 15 is 0 Å². The number of aryl methyl sites for hydroxylation is 1. The van der Waals surface area contributed by atoms with Gasteiger partial charge < -0.3 is 9.84 Å². The Bertz CT molecular complexity index is 606. The summed E-state index contributed by atoms with van der Waals surface area (Å²) in [5.41, 5.74) is 0.0218. The molecule has 0 spiro atoms. The number of hydrogen-bond acceptors (Lipinski definition) is 7. The largest absolute Gasteiger partial charge is 0.478 e. The monoisotopic (exact) mass is 308 g/mol. The van der Waals surface area contributed by atoms with Crippen molar-refractivity contribution in [3.8, 4) is 0 Å². The molecule has 0 aliphatic rings. The number of aromatic carboxylic acids is 1. The van der Waals surface area contributed by atoms with Gasteiger partial charge in [-0.15, -0.1) is 0 Å². The average Bonchev–Trinajstić information content (AvgIpc) is 2.69. The molecule has 0 radical (unpaired) electrons. The lowest BCUT2D eigenvalue weighted by Crippen LogP contribution is -2.33. The highest BCUT2D eigenvalue weighted by Gasteiger charge is 2.29. The number of methoxy groups -OCH3 is 1. The lowest BCUT2D eigenvalue weighted by atomic mass is 10.2. The Hall–Kier alpha value is -1.68. The molecule has 0 amide bonds. The number of nitrogens with zero attached hydrogens (tertiary/aromatic N) is 2. The van der Waals surface area contributed by atoms with Crippen LogP contribution < -0.4 is 4.31 Å². The van der Waals surface area contributed by atoms with E-state index in [1.165, 1.54) is 6.92 Å². The van der Waals surface area contributed by atoms with Crippen LogP contribution in [0.4, 0.5) is 5.00 Å². The summed E-state index contributed by atoms with van der Waals surface area (Å²) in [5.74, 6) is -3.07. The maximum absolute atomic E-state index is 11.9. The minimum absolute atomic E-state index is 0.0473. The van der Waals surface area contributed by atoms with Gasteiger partial charge in [0.2, 0.25) is 10.0 Å².